The Kier molecular flexibility index (Phi) is 4.69. The van der Waals surface area contributed by atoms with Crippen molar-refractivity contribution >= 4 is 17.7 Å². The Hall–Kier alpha value is -1.94. The Labute approximate surface area is 118 Å². The highest BCUT2D eigenvalue weighted by Crippen LogP contribution is 2.17. The van der Waals surface area contributed by atoms with Gasteiger partial charge in [0, 0.05) is 20.0 Å². The van der Waals surface area contributed by atoms with Gasteiger partial charge in [0.2, 0.25) is 0 Å². The van der Waals surface area contributed by atoms with Crippen LogP contribution in [0, 0.1) is 0 Å². The number of carboxylic acid groups (broad SMARTS) is 1. The molecule has 0 aliphatic carbocycles. The van der Waals surface area contributed by atoms with Gasteiger partial charge in [-0.25, -0.2) is 4.98 Å². The van der Waals surface area contributed by atoms with Gasteiger partial charge in [0.25, 0.3) is 0 Å². The molecule has 20 heavy (non-hydrogen) atoms. The van der Waals surface area contributed by atoms with Crippen molar-refractivity contribution in [3.05, 3.63) is 18.0 Å². The van der Waals surface area contributed by atoms with E-state index in [0.29, 0.717) is 29.8 Å². The molecule has 0 atom stereocenters. The van der Waals surface area contributed by atoms with E-state index in [0.717, 1.165) is 11.8 Å². The zero-order valence-electron chi connectivity index (χ0n) is 10.8. The van der Waals surface area contributed by atoms with Gasteiger partial charge in [-0.1, -0.05) is 11.8 Å². The molecular formula is C10H14N6O3S. The van der Waals surface area contributed by atoms with E-state index in [1.807, 2.05) is 0 Å². The van der Waals surface area contributed by atoms with E-state index in [1.54, 1.807) is 22.6 Å². The lowest BCUT2D eigenvalue weighted by Crippen LogP contribution is -2.09. The summed E-state index contributed by atoms with van der Waals surface area (Å²) >= 11 is 1.06. The second kappa shape index (κ2) is 6.48. The molecule has 9 nitrogen and oxygen atoms in total. The van der Waals surface area contributed by atoms with Crippen LogP contribution in [0.4, 0.5) is 0 Å². The van der Waals surface area contributed by atoms with Crippen molar-refractivity contribution in [3.8, 4) is 0 Å². The molecule has 0 saturated heterocycles. The van der Waals surface area contributed by atoms with Crippen LogP contribution in [0.2, 0.25) is 0 Å². The van der Waals surface area contributed by atoms with E-state index in [1.165, 1.54) is 0 Å². The van der Waals surface area contributed by atoms with Gasteiger partial charge in [-0.15, -0.1) is 10.2 Å². The molecular weight excluding hydrogens is 284 g/mol. The fourth-order valence-corrected chi connectivity index (χ4v) is 2.31. The van der Waals surface area contributed by atoms with Gasteiger partial charge in [-0.3, -0.25) is 9.48 Å². The van der Waals surface area contributed by atoms with Crippen molar-refractivity contribution in [2.24, 2.45) is 7.05 Å². The molecule has 0 unspecified atom stereocenters. The van der Waals surface area contributed by atoms with Crippen LogP contribution >= 0.6 is 11.8 Å². The normalized spacial score (nSPS) is 10.9. The minimum absolute atomic E-state index is 0.106. The number of aliphatic carboxylic acids is 1. The minimum atomic E-state index is -0.929. The van der Waals surface area contributed by atoms with E-state index >= 15 is 0 Å². The summed E-state index contributed by atoms with van der Waals surface area (Å²) in [4.78, 5) is 14.7. The third-order valence-electron chi connectivity index (χ3n) is 2.47. The molecule has 0 fully saturated rings. The van der Waals surface area contributed by atoms with E-state index in [2.05, 4.69) is 20.3 Å². The molecule has 2 rings (SSSR count). The first kappa shape index (κ1) is 14.5. The molecule has 0 aliphatic heterocycles. The monoisotopic (exact) mass is 298 g/mol. The molecule has 2 aromatic heterocycles. The molecule has 0 bridgehead atoms. The van der Waals surface area contributed by atoms with Crippen LogP contribution in [-0.4, -0.2) is 51.5 Å². The first-order valence-corrected chi connectivity index (χ1v) is 6.80. The van der Waals surface area contributed by atoms with Crippen molar-refractivity contribution < 1.29 is 15.0 Å². The summed E-state index contributed by atoms with van der Waals surface area (Å²) in [5, 5.41) is 30.3. The first-order chi connectivity index (χ1) is 9.60. The standard InChI is InChI=1S/C10H14N6O3S/c1-15-6-11-7(14-15)2-3-16-8(4-17)12-13-10(16)20-5-9(18)19/h6,17H,2-5H2,1H3,(H,18,19). The second-order valence-corrected chi connectivity index (χ2v) is 4.92. The number of carbonyl (C=O) groups is 1. The van der Waals surface area contributed by atoms with Crippen LogP contribution in [0.25, 0.3) is 0 Å². The summed E-state index contributed by atoms with van der Waals surface area (Å²) in [5.74, 6) is 0.0281. The maximum atomic E-state index is 10.6. The van der Waals surface area contributed by atoms with Crippen molar-refractivity contribution in [1.29, 1.82) is 0 Å². The molecule has 0 aromatic carbocycles. The predicted octanol–water partition coefficient (Wildman–Crippen LogP) is -0.682. The Bertz CT molecular complexity index is 596. The van der Waals surface area contributed by atoms with Gasteiger partial charge < -0.3 is 14.8 Å². The molecule has 2 heterocycles. The van der Waals surface area contributed by atoms with E-state index in [-0.39, 0.29) is 12.4 Å². The van der Waals surface area contributed by atoms with Crippen LogP contribution in [0.5, 0.6) is 0 Å². The zero-order valence-corrected chi connectivity index (χ0v) is 11.6. The molecule has 10 heteroatoms. The summed E-state index contributed by atoms with van der Waals surface area (Å²) in [7, 11) is 1.78. The van der Waals surface area contributed by atoms with Gasteiger partial charge in [0.15, 0.2) is 16.8 Å². The van der Waals surface area contributed by atoms with Crippen molar-refractivity contribution in [1.82, 2.24) is 29.5 Å². The SMILES string of the molecule is Cn1cnc(CCn2c(CO)nnc2SCC(=O)O)n1. The Morgan fingerprint density at radius 2 is 2.25 bits per heavy atom. The van der Waals surface area contributed by atoms with Crippen molar-refractivity contribution in [2.45, 2.75) is 24.7 Å². The average molecular weight is 298 g/mol. The van der Waals surface area contributed by atoms with Gasteiger partial charge in [-0.2, -0.15) is 5.10 Å². The fourth-order valence-electron chi connectivity index (χ4n) is 1.60. The highest BCUT2D eigenvalue weighted by Gasteiger charge is 2.14. The molecule has 0 saturated carbocycles. The maximum absolute atomic E-state index is 10.6. The van der Waals surface area contributed by atoms with Gasteiger partial charge in [-0.05, 0) is 0 Å². The minimum Gasteiger partial charge on any atom is -0.481 e. The molecule has 108 valence electrons. The van der Waals surface area contributed by atoms with E-state index in [9.17, 15) is 9.90 Å². The summed E-state index contributed by atoms with van der Waals surface area (Å²) in [6, 6.07) is 0. The number of aliphatic hydroxyl groups is 1. The van der Waals surface area contributed by atoms with Crippen molar-refractivity contribution in [3.63, 3.8) is 0 Å². The van der Waals surface area contributed by atoms with Crippen molar-refractivity contribution in [2.75, 3.05) is 5.75 Å². The third kappa shape index (κ3) is 3.54. The number of rotatable bonds is 7. The van der Waals surface area contributed by atoms with Crippen LogP contribution in [-0.2, 0) is 31.4 Å². The molecule has 0 spiro atoms. The Morgan fingerprint density at radius 1 is 1.45 bits per heavy atom. The van der Waals surface area contributed by atoms with E-state index < -0.39 is 5.97 Å². The lowest BCUT2D eigenvalue weighted by molar-refractivity contribution is -0.133. The lowest BCUT2D eigenvalue weighted by atomic mass is 10.4. The third-order valence-corrected chi connectivity index (χ3v) is 3.42. The van der Waals surface area contributed by atoms with Gasteiger partial charge in [0.05, 0.1) is 5.75 Å². The number of aryl methyl sites for hydroxylation is 2. The highest BCUT2D eigenvalue weighted by molar-refractivity contribution is 7.99. The Balaban J connectivity index is 2.07. The van der Waals surface area contributed by atoms with Crippen LogP contribution in [0.3, 0.4) is 0 Å². The smallest absolute Gasteiger partial charge is 0.313 e. The van der Waals surface area contributed by atoms with Crippen LogP contribution in [0.15, 0.2) is 11.5 Å². The summed E-state index contributed by atoms with van der Waals surface area (Å²) in [5.41, 5.74) is 0. The number of hydrogen-bond donors (Lipinski definition) is 2. The molecule has 0 radical (unpaired) electrons. The van der Waals surface area contributed by atoms with Gasteiger partial charge in [0.1, 0.15) is 12.9 Å². The van der Waals surface area contributed by atoms with E-state index in [4.69, 9.17) is 5.11 Å². The molecule has 2 N–H and O–H groups in total. The zero-order chi connectivity index (χ0) is 14.5. The van der Waals surface area contributed by atoms with Gasteiger partial charge >= 0.3 is 5.97 Å². The average Bonchev–Trinajstić information content (AvgIpc) is 2.99. The highest BCUT2D eigenvalue weighted by atomic mass is 32.2. The fraction of sp³-hybridized carbons (Fsp3) is 0.500. The Morgan fingerprint density at radius 3 is 2.85 bits per heavy atom. The van der Waals surface area contributed by atoms with Crippen LogP contribution in [0.1, 0.15) is 11.6 Å². The second-order valence-electron chi connectivity index (χ2n) is 3.98. The number of aromatic nitrogens is 6. The quantitative estimate of drug-likeness (QED) is 0.645. The molecule has 2 aromatic rings. The summed E-state index contributed by atoms with van der Waals surface area (Å²) in [6.07, 6.45) is 2.15. The molecule has 0 amide bonds. The number of thioether (sulfide) groups is 1. The first-order valence-electron chi connectivity index (χ1n) is 5.82. The number of carboxylic acids is 1. The molecule has 0 aliphatic rings. The number of aliphatic hydroxyl groups excluding tert-OH is 1. The number of hydrogen-bond acceptors (Lipinski definition) is 7. The maximum Gasteiger partial charge on any atom is 0.313 e. The predicted molar refractivity (Wildman–Crippen MR) is 69.0 cm³/mol. The largest absolute Gasteiger partial charge is 0.481 e. The summed E-state index contributed by atoms with van der Waals surface area (Å²) in [6.45, 7) is 0.227. The topological polar surface area (TPSA) is 119 Å². The summed E-state index contributed by atoms with van der Waals surface area (Å²) < 4.78 is 3.29. The number of nitrogens with zero attached hydrogens (tertiary/aromatic N) is 6. The lowest BCUT2D eigenvalue weighted by Gasteiger charge is -2.06. The van der Waals surface area contributed by atoms with Crippen LogP contribution < -0.4 is 0 Å².